The van der Waals surface area contributed by atoms with Crippen molar-refractivity contribution in [3.63, 3.8) is 0 Å². The van der Waals surface area contributed by atoms with Crippen molar-refractivity contribution in [2.45, 2.75) is 26.3 Å². The van der Waals surface area contributed by atoms with Gasteiger partial charge in [-0.25, -0.2) is 0 Å². The molecule has 26 heavy (non-hydrogen) atoms. The van der Waals surface area contributed by atoms with Crippen molar-refractivity contribution < 1.29 is 14.3 Å². The molecule has 1 atom stereocenters. The van der Waals surface area contributed by atoms with Gasteiger partial charge in [-0.05, 0) is 43.7 Å². The molecule has 0 radical (unpaired) electrons. The first-order valence-electron chi connectivity index (χ1n) is 8.55. The summed E-state index contributed by atoms with van der Waals surface area (Å²) >= 11 is 5.91. The molecule has 0 heterocycles. The molecular weight excluding hydrogens is 352 g/mol. The number of hydrogen-bond acceptors (Lipinski definition) is 3. The number of amides is 2. The van der Waals surface area contributed by atoms with E-state index in [4.69, 9.17) is 16.3 Å². The molecule has 2 rings (SSSR count). The standard InChI is InChI=1S/C20H23ClN2O3/c1-3-12-23(15(2)20(25)22-17-9-5-4-6-10-17)19(24)14-26-18-11-7-8-16(21)13-18/h4-11,13,15H,3,12,14H2,1-2H3,(H,22,25). The number of hydrogen-bond donors (Lipinski definition) is 1. The Morgan fingerprint density at radius 2 is 1.88 bits per heavy atom. The minimum Gasteiger partial charge on any atom is -0.484 e. The molecular formula is C20H23ClN2O3. The van der Waals surface area contributed by atoms with Crippen LogP contribution in [0.2, 0.25) is 5.02 Å². The van der Waals surface area contributed by atoms with Gasteiger partial charge in [0.1, 0.15) is 11.8 Å². The monoisotopic (exact) mass is 374 g/mol. The number of ether oxygens (including phenoxy) is 1. The fourth-order valence-corrected chi connectivity index (χ4v) is 2.65. The molecule has 1 N–H and O–H groups in total. The van der Waals surface area contributed by atoms with Gasteiger partial charge < -0.3 is 15.0 Å². The molecule has 0 aliphatic carbocycles. The van der Waals surface area contributed by atoms with Crippen molar-refractivity contribution in [3.8, 4) is 5.75 Å². The average Bonchev–Trinajstić information content (AvgIpc) is 2.64. The average molecular weight is 375 g/mol. The van der Waals surface area contributed by atoms with E-state index in [9.17, 15) is 9.59 Å². The Bertz CT molecular complexity index is 737. The first-order valence-corrected chi connectivity index (χ1v) is 8.92. The SMILES string of the molecule is CCCN(C(=O)COc1cccc(Cl)c1)C(C)C(=O)Nc1ccccc1. The summed E-state index contributed by atoms with van der Waals surface area (Å²) in [6.07, 6.45) is 0.742. The lowest BCUT2D eigenvalue weighted by atomic mass is 10.2. The van der Waals surface area contributed by atoms with Crippen LogP contribution < -0.4 is 10.1 Å². The Morgan fingerprint density at radius 1 is 1.15 bits per heavy atom. The van der Waals surface area contributed by atoms with Crippen LogP contribution in [-0.4, -0.2) is 35.9 Å². The van der Waals surface area contributed by atoms with Gasteiger partial charge in [-0.15, -0.1) is 0 Å². The Labute approximate surface area is 158 Å². The first-order chi connectivity index (χ1) is 12.5. The maximum atomic E-state index is 12.6. The van der Waals surface area contributed by atoms with E-state index >= 15 is 0 Å². The van der Waals surface area contributed by atoms with E-state index in [1.807, 2.05) is 25.1 Å². The molecule has 2 aromatic rings. The van der Waals surface area contributed by atoms with Crippen molar-refractivity contribution in [2.24, 2.45) is 0 Å². The van der Waals surface area contributed by atoms with Gasteiger partial charge in [-0.1, -0.05) is 42.8 Å². The summed E-state index contributed by atoms with van der Waals surface area (Å²) in [5.74, 6) is 0.0342. The van der Waals surface area contributed by atoms with Gasteiger partial charge in [0, 0.05) is 17.3 Å². The molecule has 0 saturated carbocycles. The lowest BCUT2D eigenvalue weighted by Gasteiger charge is -2.28. The quantitative estimate of drug-likeness (QED) is 0.760. The number of nitrogens with zero attached hydrogens (tertiary/aromatic N) is 1. The predicted octanol–water partition coefficient (Wildman–Crippen LogP) is 3.98. The van der Waals surface area contributed by atoms with Gasteiger partial charge in [-0.2, -0.15) is 0 Å². The third kappa shape index (κ3) is 5.77. The van der Waals surface area contributed by atoms with Crippen molar-refractivity contribution in [2.75, 3.05) is 18.5 Å². The summed E-state index contributed by atoms with van der Waals surface area (Å²) in [5, 5.41) is 3.36. The van der Waals surface area contributed by atoms with E-state index in [2.05, 4.69) is 5.32 Å². The van der Waals surface area contributed by atoms with Gasteiger partial charge in [0.15, 0.2) is 6.61 Å². The van der Waals surface area contributed by atoms with Crippen LogP contribution in [0.3, 0.4) is 0 Å². The Balaban J connectivity index is 1.98. The molecule has 2 aromatic carbocycles. The number of halogens is 1. The number of carbonyl (C=O) groups is 2. The van der Waals surface area contributed by atoms with E-state index in [-0.39, 0.29) is 18.4 Å². The molecule has 0 aliphatic rings. The van der Waals surface area contributed by atoms with Crippen LogP contribution in [0.1, 0.15) is 20.3 Å². The molecule has 2 amide bonds. The smallest absolute Gasteiger partial charge is 0.261 e. The zero-order chi connectivity index (χ0) is 18.9. The molecule has 138 valence electrons. The number of benzene rings is 2. The molecule has 1 unspecified atom stereocenters. The fourth-order valence-electron chi connectivity index (χ4n) is 2.47. The van der Waals surface area contributed by atoms with Gasteiger partial charge in [0.05, 0.1) is 0 Å². The third-order valence-electron chi connectivity index (χ3n) is 3.83. The predicted molar refractivity (Wildman–Crippen MR) is 103 cm³/mol. The van der Waals surface area contributed by atoms with Crippen molar-refractivity contribution >= 4 is 29.1 Å². The maximum absolute atomic E-state index is 12.6. The number of carbonyl (C=O) groups excluding carboxylic acids is 2. The number of para-hydroxylation sites is 1. The van der Waals surface area contributed by atoms with Crippen LogP contribution in [-0.2, 0) is 9.59 Å². The summed E-state index contributed by atoms with van der Waals surface area (Å²) in [6, 6.07) is 15.4. The van der Waals surface area contributed by atoms with Crippen molar-refractivity contribution in [1.82, 2.24) is 4.90 Å². The van der Waals surface area contributed by atoms with Crippen molar-refractivity contribution in [1.29, 1.82) is 0 Å². The molecule has 0 fully saturated rings. The lowest BCUT2D eigenvalue weighted by Crippen LogP contribution is -2.47. The van der Waals surface area contributed by atoms with Crippen LogP contribution >= 0.6 is 11.6 Å². The molecule has 0 spiro atoms. The molecule has 6 heteroatoms. The molecule has 0 bridgehead atoms. The number of anilines is 1. The minimum absolute atomic E-state index is 0.150. The van der Waals surface area contributed by atoms with Crippen LogP contribution in [0.5, 0.6) is 5.75 Å². The Kier molecular flexibility index (Phi) is 7.48. The van der Waals surface area contributed by atoms with Gasteiger partial charge in [0.25, 0.3) is 5.91 Å². The first kappa shape index (κ1) is 19.8. The van der Waals surface area contributed by atoms with E-state index < -0.39 is 6.04 Å². The van der Waals surface area contributed by atoms with Crippen LogP contribution in [0.25, 0.3) is 0 Å². The Hall–Kier alpha value is -2.53. The van der Waals surface area contributed by atoms with E-state index in [1.54, 1.807) is 43.3 Å². The summed E-state index contributed by atoms with van der Waals surface area (Å²) in [6.45, 7) is 4.00. The minimum atomic E-state index is -0.606. The highest BCUT2D eigenvalue weighted by Gasteiger charge is 2.25. The van der Waals surface area contributed by atoms with Crippen molar-refractivity contribution in [3.05, 3.63) is 59.6 Å². The zero-order valence-corrected chi connectivity index (χ0v) is 15.7. The lowest BCUT2D eigenvalue weighted by molar-refractivity contribution is -0.139. The second-order valence-corrected chi connectivity index (χ2v) is 6.30. The van der Waals surface area contributed by atoms with Crippen LogP contribution in [0.4, 0.5) is 5.69 Å². The summed E-state index contributed by atoms with van der Waals surface area (Å²) < 4.78 is 5.52. The molecule has 5 nitrogen and oxygen atoms in total. The topological polar surface area (TPSA) is 58.6 Å². The maximum Gasteiger partial charge on any atom is 0.261 e. The third-order valence-corrected chi connectivity index (χ3v) is 4.07. The highest BCUT2D eigenvalue weighted by molar-refractivity contribution is 6.30. The molecule has 0 aliphatic heterocycles. The summed E-state index contributed by atoms with van der Waals surface area (Å²) in [5.41, 5.74) is 0.698. The molecule has 0 aromatic heterocycles. The van der Waals surface area contributed by atoms with Gasteiger partial charge in [0.2, 0.25) is 5.91 Å². The van der Waals surface area contributed by atoms with Gasteiger partial charge in [-0.3, -0.25) is 9.59 Å². The van der Waals surface area contributed by atoms with Crippen LogP contribution in [0.15, 0.2) is 54.6 Å². The second-order valence-electron chi connectivity index (χ2n) is 5.86. The normalized spacial score (nSPS) is 11.5. The summed E-state index contributed by atoms with van der Waals surface area (Å²) in [4.78, 5) is 26.6. The highest BCUT2D eigenvalue weighted by atomic mass is 35.5. The number of nitrogens with one attached hydrogen (secondary N) is 1. The highest BCUT2D eigenvalue weighted by Crippen LogP contribution is 2.17. The van der Waals surface area contributed by atoms with Gasteiger partial charge >= 0.3 is 0 Å². The van der Waals surface area contributed by atoms with Crippen LogP contribution in [0, 0.1) is 0 Å². The van der Waals surface area contributed by atoms with E-state index in [0.717, 1.165) is 6.42 Å². The van der Waals surface area contributed by atoms with E-state index in [0.29, 0.717) is 23.0 Å². The number of rotatable bonds is 8. The van der Waals surface area contributed by atoms with E-state index in [1.165, 1.54) is 4.90 Å². The zero-order valence-electron chi connectivity index (χ0n) is 14.9. The molecule has 0 saturated heterocycles. The second kappa shape index (κ2) is 9.82. The largest absolute Gasteiger partial charge is 0.484 e. The fraction of sp³-hybridized carbons (Fsp3) is 0.300. The summed E-state index contributed by atoms with van der Waals surface area (Å²) in [7, 11) is 0. The Morgan fingerprint density at radius 3 is 2.54 bits per heavy atom.